The van der Waals surface area contributed by atoms with Gasteiger partial charge in [0.2, 0.25) is 0 Å². The molecule has 2 rings (SSSR count). The lowest BCUT2D eigenvalue weighted by atomic mass is 10.1. The number of carbonyl (C=O) groups excluding carboxylic acids is 2. The maximum atomic E-state index is 12.4. The number of nitrogens with one attached hydrogen (secondary N) is 1. The number of carbonyl (C=O) groups is 2. The first-order chi connectivity index (χ1) is 13.0. The van der Waals surface area contributed by atoms with Gasteiger partial charge in [-0.15, -0.1) is 0 Å². The Hall–Kier alpha value is -3.42. The summed E-state index contributed by atoms with van der Waals surface area (Å²) < 4.78 is 25.7. The molecule has 0 fully saturated rings. The monoisotopic (exact) mass is 375 g/mol. The fraction of sp³-hybridized carbons (Fsp3) is 0.263. The van der Waals surface area contributed by atoms with E-state index in [4.69, 9.17) is 23.7 Å². The average molecular weight is 375 g/mol. The van der Waals surface area contributed by atoms with E-state index < -0.39 is 18.5 Å². The number of hydrogen-bond donors (Lipinski definition) is 1. The molecule has 0 spiro atoms. The molecule has 2 aromatic rings. The maximum Gasteiger partial charge on any atom is 0.342 e. The van der Waals surface area contributed by atoms with Crippen LogP contribution in [0, 0.1) is 0 Å². The maximum absolute atomic E-state index is 12.4. The lowest BCUT2D eigenvalue weighted by molar-refractivity contribution is -0.119. The first kappa shape index (κ1) is 19.9. The van der Waals surface area contributed by atoms with Gasteiger partial charge in [0.15, 0.2) is 18.1 Å². The van der Waals surface area contributed by atoms with E-state index in [1.165, 1.54) is 40.6 Å². The van der Waals surface area contributed by atoms with Crippen LogP contribution in [0.2, 0.25) is 0 Å². The normalized spacial score (nSPS) is 9.93. The molecule has 0 atom stereocenters. The zero-order chi connectivity index (χ0) is 19.8. The van der Waals surface area contributed by atoms with E-state index in [0.717, 1.165) is 0 Å². The lowest BCUT2D eigenvalue weighted by Crippen LogP contribution is -2.21. The van der Waals surface area contributed by atoms with Crippen LogP contribution in [0.15, 0.2) is 36.4 Å². The predicted octanol–water partition coefficient (Wildman–Crippen LogP) is 2.52. The Morgan fingerprint density at radius 1 is 0.852 bits per heavy atom. The molecule has 0 saturated heterocycles. The summed E-state index contributed by atoms with van der Waals surface area (Å²) in [6, 6.07) is 9.76. The van der Waals surface area contributed by atoms with E-state index in [0.29, 0.717) is 22.9 Å². The highest BCUT2D eigenvalue weighted by molar-refractivity contribution is 5.97. The van der Waals surface area contributed by atoms with Gasteiger partial charge in [-0.05, 0) is 12.1 Å². The van der Waals surface area contributed by atoms with Crippen molar-refractivity contribution >= 4 is 17.6 Å². The lowest BCUT2D eigenvalue weighted by Gasteiger charge is -2.13. The molecule has 1 N–H and O–H groups in total. The zero-order valence-corrected chi connectivity index (χ0v) is 15.5. The molecule has 144 valence electrons. The highest BCUT2D eigenvalue weighted by Gasteiger charge is 2.20. The van der Waals surface area contributed by atoms with Gasteiger partial charge in [0.1, 0.15) is 17.1 Å². The van der Waals surface area contributed by atoms with Crippen molar-refractivity contribution in [2.24, 2.45) is 0 Å². The standard InChI is InChI=1S/C19H21NO7/c1-23-13-7-5-6-12(8-13)20-18(21)11-27-19(22)14-9-16(25-3)17(26-4)10-15(14)24-2/h5-10H,11H2,1-4H3,(H,20,21). The molecule has 8 nitrogen and oxygen atoms in total. The van der Waals surface area contributed by atoms with E-state index in [1.807, 2.05) is 0 Å². The van der Waals surface area contributed by atoms with E-state index in [2.05, 4.69) is 5.32 Å². The van der Waals surface area contributed by atoms with Crippen molar-refractivity contribution in [1.29, 1.82) is 0 Å². The van der Waals surface area contributed by atoms with Crippen molar-refractivity contribution in [1.82, 2.24) is 0 Å². The van der Waals surface area contributed by atoms with Crippen LogP contribution >= 0.6 is 0 Å². The van der Waals surface area contributed by atoms with Crippen molar-refractivity contribution in [2.75, 3.05) is 40.4 Å². The summed E-state index contributed by atoms with van der Waals surface area (Å²) in [7, 11) is 5.85. The molecule has 0 radical (unpaired) electrons. The van der Waals surface area contributed by atoms with E-state index in [9.17, 15) is 9.59 Å². The molecular weight excluding hydrogens is 354 g/mol. The van der Waals surface area contributed by atoms with Crippen molar-refractivity contribution in [3.63, 3.8) is 0 Å². The summed E-state index contributed by atoms with van der Waals surface area (Å²) in [5.41, 5.74) is 0.642. The minimum Gasteiger partial charge on any atom is -0.497 e. The van der Waals surface area contributed by atoms with Gasteiger partial charge in [-0.3, -0.25) is 4.79 Å². The van der Waals surface area contributed by atoms with Gasteiger partial charge < -0.3 is 29.0 Å². The number of anilines is 1. The number of rotatable bonds is 8. The molecule has 8 heteroatoms. The average Bonchev–Trinajstić information content (AvgIpc) is 2.70. The van der Waals surface area contributed by atoms with Crippen LogP contribution in [0.25, 0.3) is 0 Å². The van der Waals surface area contributed by atoms with Gasteiger partial charge in [0.25, 0.3) is 5.91 Å². The number of hydrogen-bond acceptors (Lipinski definition) is 7. The molecule has 27 heavy (non-hydrogen) atoms. The summed E-state index contributed by atoms with van der Waals surface area (Å²) >= 11 is 0. The number of methoxy groups -OCH3 is 4. The van der Waals surface area contributed by atoms with Crippen LogP contribution in [0.3, 0.4) is 0 Å². The second-order valence-corrected chi connectivity index (χ2v) is 5.26. The molecule has 0 aliphatic carbocycles. The van der Waals surface area contributed by atoms with Crippen molar-refractivity contribution in [3.8, 4) is 23.0 Å². The number of ether oxygens (including phenoxy) is 5. The Balaban J connectivity index is 2.05. The topological polar surface area (TPSA) is 92.3 Å². The molecular formula is C19H21NO7. The van der Waals surface area contributed by atoms with Crippen LogP contribution in [-0.4, -0.2) is 46.9 Å². The Morgan fingerprint density at radius 3 is 2.15 bits per heavy atom. The third-order valence-corrected chi connectivity index (χ3v) is 3.61. The van der Waals surface area contributed by atoms with Crippen LogP contribution in [0.4, 0.5) is 5.69 Å². The minimum absolute atomic E-state index is 0.115. The summed E-state index contributed by atoms with van der Waals surface area (Å²) in [5, 5.41) is 2.62. The second kappa shape index (κ2) is 9.33. The molecule has 0 bridgehead atoms. The van der Waals surface area contributed by atoms with Crippen molar-refractivity contribution < 1.29 is 33.3 Å². The summed E-state index contributed by atoms with van der Waals surface area (Å²) in [6.45, 7) is -0.465. The van der Waals surface area contributed by atoms with Gasteiger partial charge in [-0.25, -0.2) is 4.79 Å². The molecule has 1 amide bonds. The van der Waals surface area contributed by atoms with Crippen LogP contribution < -0.4 is 24.3 Å². The summed E-state index contributed by atoms with van der Waals surface area (Å²) in [6.07, 6.45) is 0. The van der Waals surface area contributed by atoms with E-state index in [-0.39, 0.29) is 11.3 Å². The highest BCUT2D eigenvalue weighted by atomic mass is 16.5. The zero-order valence-electron chi connectivity index (χ0n) is 15.5. The Morgan fingerprint density at radius 2 is 1.52 bits per heavy atom. The van der Waals surface area contributed by atoms with Crippen molar-refractivity contribution in [3.05, 3.63) is 42.0 Å². The molecule has 0 aromatic heterocycles. The second-order valence-electron chi connectivity index (χ2n) is 5.26. The smallest absolute Gasteiger partial charge is 0.342 e. The van der Waals surface area contributed by atoms with Gasteiger partial charge in [0.05, 0.1) is 28.4 Å². The van der Waals surface area contributed by atoms with Crippen molar-refractivity contribution in [2.45, 2.75) is 0 Å². The van der Waals surface area contributed by atoms with Gasteiger partial charge in [-0.1, -0.05) is 6.07 Å². The van der Waals surface area contributed by atoms with E-state index >= 15 is 0 Å². The third kappa shape index (κ3) is 5.04. The molecule has 0 saturated carbocycles. The fourth-order valence-electron chi connectivity index (χ4n) is 2.30. The van der Waals surface area contributed by atoms with E-state index in [1.54, 1.807) is 24.3 Å². The quantitative estimate of drug-likeness (QED) is 0.709. The Bertz CT molecular complexity index is 820. The number of esters is 1. The third-order valence-electron chi connectivity index (χ3n) is 3.61. The first-order valence-corrected chi connectivity index (χ1v) is 7.93. The SMILES string of the molecule is COc1cccc(NC(=O)COC(=O)c2cc(OC)c(OC)cc2OC)c1. The van der Waals surface area contributed by atoms with Crippen LogP contribution in [-0.2, 0) is 9.53 Å². The first-order valence-electron chi connectivity index (χ1n) is 7.93. The largest absolute Gasteiger partial charge is 0.497 e. The van der Waals surface area contributed by atoms with Gasteiger partial charge in [0, 0.05) is 23.9 Å². The summed E-state index contributed by atoms with van der Waals surface area (Å²) in [5.74, 6) is 0.364. The molecule has 0 unspecified atom stereocenters. The molecule has 0 heterocycles. The van der Waals surface area contributed by atoms with Crippen LogP contribution in [0.5, 0.6) is 23.0 Å². The fourth-order valence-corrected chi connectivity index (χ4v) is 2.30. The van der Waals surface area contributed by atoms with Crippen LogP contribution in [0.1, 0.15) is 10.4 Å². The Kier molecular flexibility index (Phi) is 6.87. The van der Waals surface area contributed by atoms with Gasteiger partial charge >= 0.3 is 5.97 Å². The number of amides is 1. The molecule has 0 aliphatic heterocycles. The molecule has 2 aromatic carbocycles. The van der Waals surface area contributed by atoms with Gasteiger partial charge in [-0.2, -0.15) is 0 Å². The number of benzene rings is 2. The predicted molar refractivity (Wildman–Crippen MR) is 98.0 cm³/mol. The summed E-state index contributed by atoms with van der Waals surface area (Å²) in [4.78, 5) is 24.4. The minimum atomic E-state index is -0.728. The Labute approximate surface area is 156 Å². The highest BCUT2D eigenvalue weighted by Crippen LogP contribution is 2.34. The molecule has 0 aliphatic rings.